The summed E-state index contributed by atoms with van der Waals surface area (Å²) < 4.78 is 0. The smallest absolute Gasteiger partial charge is 0.144 e. The van der Waals surface area contributed by atoms with Crippen molar-refractivity contribution in [1.82, 2.24) is 0 Å². The van der Waals surface area contributed by atoms with Crippen LogP contribution in [0.1, 0.15) is 120 Å². The molecule has 0 saturated heterocycles. The SMILES string of the molecule is C[C@H]1C(=O)CC(=O)C2[C@]3(C)CC[C@@]4(C)C5CC(C)(C)CC[C@]5(C)CC[C@]4(C)C3CC[C@@]21C. The van der Waals surface area contributed by atoms with Gasteiger partial charge < -0.3 is 0 Å². The number of rotatable bonds is 0. The molecular formula is C30H48O2. The highest BCUT2D eigenvalue weighted by atomic mass is 16.2. The Hall–Kier alpha value is -0.660. The van der Waals surface area contributed by atoms with E-state index in [-0.39, 0.29) is 40.7 Å². The number of carbonyl (C=O) groups excluding carboxylic acids is 2. The average molecular weight is 441 g/mol. The number of hydrogen-bond donors (Lipinski definition) is 0. The largest absolute Gasteiger partial charge is 0.299 e. The molecule has 0 spiro atoms. The molecule has 5 rings (SSSR count). The fourth-order valence-corrected chi connectivity index (χ4v) is 11.0. The summed E-state index contributed by atoms with van der Waals surface area (Å²) in [5.74, 6) is 1.95. The number of hydrogen-bond acceptors (Lipinski definition) is 2. The standard InChI is InChI=1S/C30H48O2/c1-19-20(31)17-21(32)24-27(19,5)10-9-22-28(24,6)14-16-30(8)23-18-25(2,3)11-12-26(23,4)13-15-29(22,30)7/h19,22-24H,9-18H2,1-8H3/t19-,22?,23?,24?,26+,27+,28+,29+,30-/m0/s1. The number of carbonyl (C=O) groups is 2. The molecule has 2 nitrogen and oxygen atoms in total. The molecule has 9 atom stereocenters. The Morgan fingerprint density at radius 3 is 1.94 bits per heavy atom. The van der Waals surface area contributed by atoms with Crippen LogP contribution < -0.4 is 0 Å². The summed E-state index contributed by atoms with van der Waals surface area (Å²) in [6.45, 7) is 19.8. The van der Waals surface area contributed by atoms with Gasteiger partial charge in [0.2, 0.25) is 0 Å². The third kappa shape index (κ3) is 2.65. The van der Waals surface area contributed by atoms with E-state index in [1.807, 2.05) is 0 Å². The zero-order valence-electron chi connectivity index (χ0n) is 22.2. The van der Waals surface area contributed by atoms with Gasteiger partial charge in [-0.15, -0.1) is 0 Å². The minimum Gasteiger partial charge on any atom is -0.299 e. The van der Waals surface area contributed by atoms with Gasteiger partial charge in [0, 0.05) is 11.8 Å². The Labute approximate surface area is 197 Å². The number of fused-ring (bicyclic) bond motifs is 7. The van der Waals surface area contributed by atoms with Crippen LogP contribution in [0.5, 0.6) is 0 Å². The van der Waals surface area contributed by atoms with E-state index < -0.39 is 0 Å². The van der Waals surface area contributed by atoms with Crippen LogP contribution in [-0.4, -0.2) is 11.6 Å². The molecule has 32 heavy (non-hydrogen) atoms. The predicted molar refractivity (Wildman–Crippen MR) is 130 cm³/mol. The summed E-state index contributed by atoms with van der Waals surface area (Å²) in [7, 11) is 0. The molecule has 0 amide bonds. The summed E-state index contributed by atoms with van der Waals surface area (Å²) in [5.41, 5.74) is 1.50. The van der Waals surface area contributed by atoms with Gasteiger partial charge in [-0.1, -0.05) is 55.4 Å². The fourth-order valence-electron chi connectivity index (χ4n) is 11.0. The molecule has 5 saturated carbocycles. The summed E-state index contributed by atoms with van der Waals surface area (Å²) >= 11 is 0. The Bertz CT molecular complexity index is 857. The molecule has 2 heteroatoms. The third-order valence-corrected chi connectivity index (χ3v) is 13.4. The van der Waals surface area contributed by atoms with Gasteiger partial charge in [-0.2, -0.15) is 0 Å². The Morgan fingerprint density at radius 2 is 1.25 bits per heavy atom. The minimum absolute atomic E-state index is 0.0258. The minimum atomic E-state index is -0.141. The van der Waals surface area contributed by atoms with Gasteiger partial charge in [0.1, 0.15) is 11.6 Å². The summed E-state index contributed by atoms with van der Waals surface area (Å²) in [6.07, 6.45) is 11.7. The van der Waals surface area contributed by atoms with Crippen LogP contribution in [-0.2, 0) is 9.59 Å². The first kappa shape index (κ1) is 23.1. The third-order valence-electron chi connectivity index (χ3n) is 13.4. The van der Waals surface area contributed by atoms with Crippen LogP contribution >= 0.6 is 0 Å². The number of ketones is 2. The molecule has 0 bridgehead atoms. The maximum absolute atomic E-state index is 13.5. The average Bonchev–Trinajstić information content (AvgIpc) is 2.69. The second-order valence-electron chi connectivity index (χ2n) is 15.3. The van der Waals surface area contributed by atoms with Crippen LogP contribution in [0.25, 0.3) is 0 Å². The molecule has 0 aliphatic heterocycles. The molecule has 0 aromatic rings. The lowest BCUT2D eigenvalue weighted by atomic mass is 9.30. The summed E-state index contributed by atoms with van der Waals surface area (Å²) in [4.78, 5) is 26.2. The number of Topliss-reactive ketones (excluding diaryl/α,β-unsaturated/α-hetero) is 2. The second-order valence-corrected chi connectivity index (χ2v) is 15.3. The van der Waals surface area contributed by atoms with Gasteiger partial charge in [0.15, 0.2) is 0 Å². The lowest BCUT2D eigenvalue weighted by Crippen LogP contribution is -2.69. The summed E-state index contributed by atoms with van der Waals surface area (Å²) in [6, 6.07) is 0. The highest BCUT2D eigenvalue weighted by Gasteiger charge is 2.72. The van der Waals surface area contributed by atoms with E-state index in [0.717, 1.165) is 12.3 Å². The van der Waals surface area contributed by atoms with Crippen molar-refractivity contribution in [3.05, 3.63) is 0 Å². The van der Waals surface area contributed by atoms with Crippen LogP contribution in [0, 0.1) is 56.2 Å². The molecule has 5 fully saturated rings. The molecule has 0 heterocycles. The van der Waals surface area contributed by atoms with Crippen LogP contribution in [0.2, 0.25) is 0 Å². The van der Waals surface area contributed by atoms with Gasteiger partial charge in [0.25, 0.3) is 0 Å². The molecule has 0 aromatic carbocycles. The zero-order valence-corrected chi connectivity index (χ0v) is 22.2. The van der Waals surface area contributed by atoms with Gasteiger partial charge in [-0.05, 0) is 102 Å². The monoisotopic (exact) mass is 440 g/mol. The first-order valence-corrected chi connectivity index (χ1v) is 13.7. The molecule has 0 N–H and O–H groups in total. The maximum Gasteiger partial charge on any atom is 0.144 e. The van der Waals surface area contributed by atoms with Crippen molar-refractivity contribution in [3.8, 4) is 0 Å². The van der Waals surface area contributed by atoms with Crippen molar-refractivity contribution in [2.75, 3.05) is 0 Å². The van der Waals surface area contributed by atoms with E-state index >= 15 is 0 Å². The van der Waals surface area contributed by atoms with Crippen LogP contribution in [0.3, 0.4) is 0 Å². The quantitative estimate of drug-likeness (QED) is 0.363. The molecule has 180 valence electrons. The highest BCUT2D eigenvalue weighted by Crippen LogP contribution is 2.78. The topological polar surface area (TPSA) is 34.1 Å². The van der Waals surface area contributed by atoms with Crippen molar-refractivity contribution in [3.63, 3.8) is 0 Å². The van der Waals surface area contributed by atoms with Gasteiger partial charge in [0.05, 0.1) is 6.42 Å². The van der Waals surface area contributed by atoms with Gasteiger partial charge >= 0.3 is 0 Å². The highest BCUT2D eigenvalue weighted by molar-refractivity contribution is 6.04. The van der Waals surface area contributed by atoms with Crippen molar-refractivity contribution < 1.29 is 9.59 Å². The Kier molecular flexibility index (Phi) is 4.70. The van der Waals surface area contributed by atoms with Gasteiger partial charge in [-0.25, -0.2) is 0 Å². The maximum atomic E-state index is 13.5. The molecule has 5 aliphatic rings. The van der Waals surface area contributed by atoms with Crippen molar-refractivity contribution >= 4 is 11.6 Å². The predicted octanol–water partition coefficient (Wildman–Crippen LogP) is 7.64. The van der Waals surface area contributed by atoms with E-state index in [1.54, 1.807) is 0 Å². The normalized spacial score (nSPS) is 57.1. The molecule has 5 aliphatic carbocycles. The molecule has 0 radical (unpaired) electrons. The first-order valence-electron chi connectivity index (χ1n) is 13.7. The van der Waals surface area contributed by atoms with E-state index in [0.29, 0.717) is 27.6 Å². The van der Waals surface area contributed by atoms with Gasteiger partial charge in [-0.3, -0.25) is 9.59 Å². The van der Waals surface area contributed by atoms with Crippen LogP contribution in [0.15, 0.2) is 0 Å². The van der Waals surface area contributed by atoms with Crippen LogP contribution in [0.4, 0.5) is 0 Å². The molecule has 3 unspecified atom stereocenters. The fraction of sp³-hybridized carbons (Fsp3) is 0.933. The van der Waals surface area contributed by atoms with Crippen molar-refractivity contribution in [2.24, 2.45) is 56.2 Å². The zero-order chi connectivity index (χ0) is 23.5. The van der Waals surface area contributed by atoms with Crippen molar-refractivity contribution in [2.45, 2.75) is 120 Å². The molecule has 0 aromatic heterocycles. The lowest BCUT2D eigenvalue weighted by molar-refractivity contribution is -0.252. The summed E-state index contributed by atoms with van der Waals surface area (Å²) in [5, 5.41) is 0. The van der Waals surface area contributed by atoms with E-state index in [1.165, 1.54) is 51.4 Å². The van der Waals surface area contributed by atoms with E-state index in [9.17, 15) is 9.59 Å². The van der Waals surface area contributed by atoms with Crippen molar-refractivity contribution in [1.29, 1.82) is 0 Å². The van der Waals surface area contributed by atoms with E-state index in [4.69, 9.17) is 0 Å². The molecular weight excluding hydrogens is 392 g/mol. The lowest BCUT2D eigenvalue weighted by Gasteiger charge is -2.74. The second kappa shape index (κ2) is 6.51. The Balaban J connectivity index is 1.58. The Morgan fingerprint density at radius 1 is 0.656 bits per heavy atom. The van der Waals surface area contributed by atoms with E-state index in [2.05, 4.69) is 55.4 Å². The first-order chi connectivity index (χ1) is 14.6.